The number of nitrogens with zero attached hydrogens (tertiary/aromatic N) is 2. The average molecular weight is 287 g/mol. The molecule has 1 aromatic carbocycles. The van der Waals surface area contributed by atoms with Crippen molar-refractivity contribution in [1.82, 2.24) is 9.88 Å². The standard InChI is InChI=1S/C16H21N3S/c17-9-4-7-16-18-14-8-10-19(12-15(14)20-16)11-13-5-2-1-3-6-13/h1-3,5-6H,4,7-12,17H2. The predicted octanol–water partition coefficient (Wildman–Crippen LogP) is 2.59. The third kappa shape index (κ3) is 3.26. The van der Waals surface area contributed by atoms with Crippen LogP contribution in [0.3, 0.4) is 0 Å². The van der Waals surface area contributed by atoms with Gasteiger partial charge in [-0.25, -0.2) is 4.98 Å². The maximum atomic E-state index is 5.58. The molecule has 3 rings (SSSR count). The highest BCUT2D eigenvalue weighted by atomic mass is 32.1. The van der Waals surface area contributed by atoms with Crippen molar-refractivity contribution in [3.8, 4) is 0 Å². The number of nitrogens with two attached hydrogens (primary N) is 1. The monoisotopic (exact) mass is 287 g/mol. The van der Waals surface area contributed by atoms with Crippen molar-refractivity contribution >= 4 is 11.3 Å². The molecule has 0 spiro atoms. The Morgan fingerprint density at radius 2 is 2.10 bits per heavy atom. The maximum Gasteiger partial charge on any atom is 0.0932 e. The van der Waals surface area contributed by atoms with Crippen LogP contribution in [0.4, 0.5) is 0 Å². The molecule has 0 radical (unpaired) electrons. The molecule has 0 fully saturated rings. The molecule has 0 aliphatic carbocycles. The Labute approximate surface area is 124 Å². The summed E-state index contributed by atoms with van der Waals surface area (Å²) in [5.41, 5.74) is 8.29. The Morgan fingerprint density at radius 3 is 2.90 bits per heavy atom. The van der Waals surface area contributed by atoms with E-state index >= 15 is 0 Å². The first kappa shape index (κ1) is 13.7. The number of thiazole rings is 1. The molecule has 0 atom stereocenters. The quantitative estimate of drug-likeness (QED) is 0.919. The molecular weight excluding hydrogens is 266 g/mol. The lowest BCUT2D eigenvalue weighted by Crippen LogP contribution is -2.29. The fraction of sp³-hybridized carbons (Fsp3) is 0.438. The van der Waals surface area contributed by atoms with E-state index in [4.69, 9.17) is 10.7 Å². The Hall–Kier alpha value is -1.23. The zero-order chi connectivity index (χ0) is 13.8. The minimum absolute atomic E-state index is 0.754. The number of fused-ring (bicyclic) bond motifs is 1. The maximum absolute atomic E-state index is 5.58. The van der Waals surface area contributed by atoms with Crippen LogP contribution in [0, 0.1) is 0 Å². The summed E-state index contributed by atoms with van der Waals surface area (Å²) in [4.78, 5) is 8.74. The topological polar surface area (TPSA) is 42.1 Å². The highest BCUT2D eigenvalue weighted by Gasteiger charge is 2.20. The van der Waals surface area contributed by atoms with E-state index in [1.807, 2.05) is 11.3 Å². The van der Waals surface area contributed by atoms with E-state index in [0.29, 0.717) is 0 Å². The van der Waals surface area contributed by atoms with Gasteiger partial charge in [-0.2, -0.15) is 0 Å². The van der Waals surface area contributed by atoms with Gasteiger partial charge in [-0.1, -0.05) is 30.3 Å². The molecule has 0 saturated carbocycles. The fourth-order valence-electron chi connectivity index (χ4n) is 2.64. The van der Waals surface area contributed by atoms with Crippen molar-refractivity contribution in [2.45, 2.75) is 32.4 Å². The van der Waals surface area contributed by atoms with Crippen molar-refractivity contribution in [3.63, 3.8) is 0 Å². The molecule has 3 nitrogen and oxygen atoms in total. The number of aromatic nitrogens is 1. The van der Waals surface area contributed by atoms with Gasteiger partial charge in [0.25, 0.3) is 0 Å². The molecule has 2 N–H and O–H groups in total. The molecular formula is C16H21N3S. The lowest BCUT2D eigenvalue weighted by atomic mass is 10.1. The molecule has 1 aliphatic heterocycles. The fourth-order valence-corrected chi connectivity index (χ4v) is 3.84. The first-order chi connectivity index (χ1) is 9.85. The molecule has 1 aromatic heterocycles. The minimum Gasteiger partial charge on any atom is -0.330 e. The van der Waals surface area contributed by atoms with Crippen LogP contribution in [-0.4, -0.2) is 23.0 Å². The lowest BCUT2D eigenvalue weighted by Gasteiger charge is -2.25. The molecule has 106 valence electrons. The van der Waals surface area contributed by atoms with Crippen LogP contribution in [0.2, 0.25) is 0 Å². The van der Waals surface area contributed by atoms with Crippen LogP contribution in [0.1, 0.15) is 27.6 Å². The highest BCUT2D eigenvalue weighted by molar-refractivity contribution is 7.11. The van der Waals surface area contributed by atoms with E-state index in [-0.39, 0.29) is 0 Å². The first-order valence-electron chi connectivity index (χ1n) is 7.29. The molecule has 20 heavy (non-hydrogen) atoms. The van der Waals surface area contributed by atoms with Crippen LogP contribution >= 0.6 is 11.3 Å². The zero-order valence-electron chi connectivity index (χ0n) is 11.7. The van der Waals surface area contributed by atoms with Crippen molar-refractivity contribution in [2.75, 3.05) is 13.1 Å². The van der Waals surface area contributed by atoms with Crippen molar-refractivity contribution in [3.05, 3.63) is 51.5 Å². The summed E-state index contributed by atoms with van der Waals surface area (Å²) in [6.07, 6.45) is 3.16. The summed E-state index contributed by atoms with van der Waals surface area (Å²) in [5.74, 6) is 0. The molecule has 0 unspecified atom stereocenters. The van der Waals surface area contributed by atoms with Crippen LogP contribution in [0.25, 0.3) is 0 Å². The normalized spacial score (nSPS) is 15.2. The van der Waals surface area contributed by atoms with Gasteiger partial charge in [0.2, 0.25) is 0 Å². The molecule has 0 saturated heterocycles. The van der Waals surface area contributed by atoms with Crippen LogP contribution in [0.5, 0.6) is 0 Å². The summed E-state index contributed by atoms with van der Waals surface area (Å²) in [6.45, 7) is 3.95. The van der Waals surface area contributed by atoms with Crippen LogP contribution in [-0.2, 0) is 25.9 Å². The third-order valence-corrected chi connectivity index (χ3v) is 4.84. The molecule has 0 bridgehead atoms. The summed E-state index contributed by atoms with van der Waals surface area (Å²) < 4.78 is 0. The van der Waals surface area contributed by atoms with E-state index in [2.05, 4.69) is 35.2 Å². The number of rotatable bonds is 5. The Kier molecular flexibility index (Phi) is 4.45. The summed E-state index contributed by atoms with van der Waals surface area (Å²) >= 11 is 1.88. The number of hydrogen-bond acceptors (Lipinski definition) is 4. The summed E-state index contributed by atoms with van der Waals surface area (Å²) in [7, 11) is 0. The summed E-state index contributed by atoms with van der Waals surface area (Å²) in [5, 5.41) is 1.27. The highest BCUT2D eigenvalue weighted by Crippen LogP contribution is 2.26. The first-order valence-corrected chi connectivity index (χ1v) is 8.10. The number of benzene rings is 1. The van der Waals surface area contributed by atoms with Crippen LogP contribution in [0.15, 0.2) is 30.3 Å². The number of hydrogen-bond donors (Lipinski definition) is 1. The van der Waals surface area contributed by atoms with Gasteiger partial charge in [-0.3, -0.25) is 4.90 Å². The van der Waals surface area contributed by atoms with Gasteiger partial charge >= 0.3 is 0 Å². The smallest absolute Gasteiger partial charge is 0.0932 e. The van der Waals surface area contributed by atoms with Gasteiger partial charge in [0.15, 0.2) is 0 Å². The van der Waals surface area contributed by atoms with E-state index in [1.54, 1.807) is 0 Å². The largest absolute Gasteiger partial charge is 0.330 e. The second kappa shape index (κ2) is 6.48. The van der Waals surface area contributed by atoms with E-state index in [9.17, 15) is 0 Å². The van der Waals surface area contributed by atoms with E-state index in [1.165, 1.54) is 21.1 Å². The molecule has 0 amide bonds. The van der Waals surface area contributed by atoms with Crippen molar-refractivity contribution in [1.29, 1.82) is 0 Å². The SMILES string of the molecule is NCCCc1nc2c(s1)CN(Cc1ccccc1)CC2. The van der Waals surface area contributed by atoms with Gasteiger partial charge in [-0.15, -0.1) is 11.3 Å². The van der Waals surface area contributed by atoms with Gasteiger partial charge < -0.3 is 5.73 Å². The summed E-state index contributed by atoms with van der Waals surface area (Å²) in [6, 6.07) is 10.7. The van der Waals surface area contributed by atoms with Gasteiger partial charge in [0, 0.05) is 37.4 Å². The van der Waals surface area contributed by atoms with Gasteiger partial charge in [0.05, 0.1) is 10.7 Å². The van der Waals surface area contributed by atoms with E-state index < -0.39 is 0 Å². The average Bonchev–Trinajstić information content (AvgIpc) is 2.88. The zero-order valence-corrected chi connectivity index (χ0v) is 12.5. The van der Waals surface area contributed by atoms with E-state index in [0.717, 1.165) is 45.4 Å². The second-order valence-electron chi connectivity index (χ2n) is 5.32. The van der Waals surface area contributed by atoms with Crippen molar-refractivity contribution in [2.24, 2.45) is 5.73 Å². The van der Waals surface area contributed by atoms with Crippen LogP contribution < -0.4 is 5.73 Å². The lowest BCUT2D eigenvalue weighted by molar-refractivity contribution is 0.247. The van der Waals surface area contributed by atoms with Gasteiger partial charge in [0.1, 0.15) is 0 Å². The van der Waals surface area contributed by atoms with Gasteiger partial charge in [-0.05, 0) is 18.5 Å². The molecule has 2 heterocycles. The Balaban J connectivity index is 1.64. The molecule has 2 aromatic rings. The third-order valence-electron chi connectivity index (χ3n) is 3.70. The number of aryl methyl sites for hydroxylation is 1. The second-order valence-corrected chi connectivity index (χ2v) is 6.48. The molecule has 1 aliphatic rings. The Morgan fingerprint density at radius 1 is 1.25 bits per heavy atom. The molecule has 4 heteroatoms. The predicted molar refractivity (Wildman–Crippen MR) is 83.7 cm³/mol. The minimum atomic E-state index is 0.754. The Bertz CT molecular complexity index is 550. The van der Waals surface area contributed by atoms with Crippen molar-refractivity contribution < 1.29 is 0 Å².